The Morgan fingerprint density at radius 3 is 2.59 bits per heavy atom. The summed E-state index contributed by atoms with van der Waals surface area (Å²) in [6, 6.07) is 7.32. The number of benzene rings is 2. The summed E-state index contributed by atoms with van der Waals surface area (Å²) in [5.41, 5.74) is -1.93. The van der Waals surface area contributed by atoms with Gasteiger partial charge in [0.2, 0.25) is 11.8 Å². The van der Waals surface area contributed by atoms with E-state index in [9.17, 15) is 31.5 Å². The van der Waals surface area contributed by atoms with E-state index in [4.69, 9.17) is 0 Å². The monoisotopic (exact) mass is 412 g/mol. The number of carbonyl (C=O) groups is 2. The Morgan fingerprint density at radius 1 is 1.21 bits per heavy atom. The van der Waals surface area contributed by atoms with Crippen molar-refractivity contribution in [3.8, 4) is 0 Å². The summed E-state index contributed by atoms with van der Waals surface area (Å²) in [7, 11) is 0. The van der Waals surface area contributed by atoms with E-state index in [0.29, 0.717) is 6.07 Å². The maximum Gasteiger partial charge on any atom is 0.416 e. The van der Waals surface area contributed by atoms with Crippen molar-refractivity contribution in [2.24, 2.45) is 5.92 Å². The fourth-order valence-corrected chi connectivity index (χ4v) is 3.44. The lowest BCUT2D eigenvalue weighted by Gasteiger charge is -2.29. The van der Waals surface area contributed by atoms with Gasteiger partial charge in [-0.1, -0.05) is 31.2 Å². The van der Waals surface area contributed by atoms with Crippen molar-refractivity contribution in [2.45, 2.75) is 25.1 Å². The molecule has 1 heterocycles. The molecule has 1 saturated heterocycles. The van der Waals surface area contributed by atoms with Gasteiger partial charge in [0.25, 0.3) is 0 Å². The third-order valence-corrected chi connectivity index (χ3v) is 5.11. The fraction of sp³-hybridized carbons (Fsp3) is 0.300. The molecular formula is C20H17F5N2O2. The maximum atomic E-state index is 13.8. The van der Waals surface area contributed by atoms with Crippen LogP contribution in [0.2, 0.25) is 0 Å². The van der Waals surface area contributed by atoms with Gasteiger partial charge in [0.15, 0.2) is 0 Å². The second kappa shape index (κ2) is 7.46. The molecule has 0 spiro atoms. The molecule has 2 amide bonds. The Hall–Kier alpha value is -2.97. The van der Waals surface area contributed by atoms with Crippen molar-refractivity contribution in [1.82, 2.24) is 10.6 Å². The molecule has 0 aromatic heterocycles. The van der Waals surface area contributed by atoms with Crippen LogP contribution < -0.4 is 10.6 Å². The number of nitrogens with one attached hydrogen (secondary N) is 2. The molecule has 2 aromatic carbocycles. The van der Waals surface area contributed by atoms with Crippen LogP contribution in [0.15, 0.2) is 42.5 Å². The summed E-state index contributed by atoms with van der Waals surface area (Å²) in [6.45, 7) is 1.19. The molecule has 0 saturated carbocycles. The summed E-state index contributed by atoms with van der Waals surface area (Å²) >= 11 is 0. The zero-order valence-electron chi connectivity index (χ0n) is 15.2. The van der Waals surface area contributed by atoms with Crippen molar-refractivity contribution in [2.75, 3.05) is 6.54 Å². The first kappa shape index (κ1) is 20.8. The predicted octanol–water partition coefficient (Wildman–Crippen LogP) is 3.30. The Balaban J connectivity index is 1.85. The number of amides is 2. The second-order valence-electron chi connectivity index (χ2n) is 7.10. The predicted molar refractivity (Wildman–Crippen MR) is 93.5 cm³/mol. The zero-order valence-corrected chi connectivity index (χ0v) is 15.2. The molecule has 9 heteroatoms. The van der Waals surface area contributed by atoms with Crippen LogP contribution in [-0.4, -0.2) is 18.4 Å². The quantitative estimate of drug-likeness (QED) is 0.598. The molecule has 2 aromatic rings. The van der Waals surface area contributed by atoms with Crippen molar-refractivity contribution in [3.05, 3.63) is 70.8 Å². The van der Waals surface area contributed by atoms with E-state index < -0.39 is 46.5 Å². The standard InChI is InChI=1S/C20H17F5N2O2/c1-19(12-3-2-4-13(7-12)20(23,24)25)10-27-18(29)16(19)17(28)26-9-11-5-6-14(21)8-15(11)22/h2-8,16H,9-10H2,1H3,(H,26,28)(H,27,29)/t16-,19-/m0/s1. The highest BCUT2D eigenvalue weighted by Gasteiger charge is 2.50. The number of halogens is 5. The maximum absolute atomic E-state index is 13.8. The van der Waals surface area contributed by atoms with Gasteiger partial charge < -0.3 is 10.6 Å². The number of rotatable bonds is 4. The van der Waals surface area contributed by atoms with Crippen LogP contribution in [-0.2, 0) is 27.7 Å². The highest BCUT2D eigenvalue weighted by atomic mass is 19.4. The highest BCUT2D eigenvalue weighted by molar-refractivity contribution is 6.03. The number of carbonyl (C=O) groups excluding carboxylic acids is 2. The van der Waals surface area contributed by atoms with Gasteiger partial charge >= 0.3 is 6.18 Å². The summed E-state index contributed by atoms with van der Waals surface area (Å²) in [4.78, 5) is 25.0. The van der Waals surface area contributed by atoms with Crippen LogP contribution in [0.1, 0.15) is 23.6 Å². The van der Waals surface area contributed by atoms with Gasteiger partial charge in [0, 0.05) is 30.1 Å². The van der Waals surface area contributed by atoms with Gasteiger partial charge in [-0.2, -0.15) is 13.2 Å². The van der Waals surface area contributed by atoms with E-state index in [2.05, 4.69) is 10.6 Å². The first-order chi connectivity index (χ1) is 13.5. The minimum absolute atomic E-state index is 0.0129. The topological polar surface area (TPSA) is 58.2 Å². The van der Waals surface area contributed by atoms with Crippen molar-refractivity contribution < 1.29 is 31.5 Å². The smallest absolute Gasteiger partial charge is 0.354 e. The molecule has 0 radical (unpaired) electrons. The summed E-state index contributed by atoms with van der Waals surface area (Å²) in [5.74, 6) is -4.34. The molecule has 1 aliphatic heterocycles. The van der Waals surface area contributed by atoms with Crippen LogP contribution in [0.5, 0.6) is 0 Å². The summed E-state index contributed by atoms with van der Waals surface area (Å²) in [5, 5.41) is 4.93. The average molecular weight is 412 g/mol. The lowest BCUT2D eigenvalue weighted by atomic mass is 9.73. The van der Waals surface area contributed by atoms with Gasteiger partial charge in [-0.05, 0) is 17.7 Å². The number of hydrogen-bond acceptors (Lipinski definition) is 2. The van der Waals surface area contributed by atoms with Crippen molar-refractivity contribution >= 4 is 11.8 Å². The van der Waals surface area contributed by atoms with Crippen LogP contribution in [0.3, 0.4) is 0 Å². The SMILES string of the molecule is C[C@@]1(c2cccc(C(F)(F)F)c2)CNC(=O)[C@@H]1C(=O)NCc1ccc(F)cc1F. The molecule has 1 aliphatic rings. The fourth-order valence-electron chi connectivity index (χ4n) is 3.44. The molecule has 1 fully saturated rings. The molecule has 2 N–H and O–H groups in total. The molecule has 3 rings (SSSR count). The summed E-state index contributed by atoms with van der Waals surface area (Å²) in [6.07, 6.45) is -4.57. The van der Waals surface area contributed by atoms with Gasteiger partial charge in [-0.25, -0.2) is 8.78 Å². The lowest BCUT2D eigenvalue weighted by Crippen LogP contribution is -2.44. The largest absolute Gasteiger partial charge is 0.416 e. The van der Waals surface area contributed by atoms with Gasteiger partial charge in [-0.3, -0.25) is 9.59 Å². The van der Waals surface area contributed by atoms with Crippen LogP contribution >= 0.6 is 0 Å². The van der Waals surface area contributed by atoms with Gasteiger partial charge in [-0.15, -0.1) is 0 Å². The third-order valence-electron chi connectivity index (χ3n) is 5.11. The Labute approximate surface area is 163 Å². The molecule has 154 valence electrons. The molecule has 2 atom stereocenters. The summed E-state index contributed by atoms with van der Waals surface area (Å²) < 4.78 is 65.9. The Kier molecular flexibility index (Phi) is 5.34. The Bertz CT molecular complexity index is 960. The van der Waals surface area contributed by atoms with E-state index in [0.717, 1.165) is 24.3 Å². The van der Waals surface area contributed by atoms with E-state index in [1.807, 2.05) is 0 Å². The number of alkyl halides is 3. The van der Waals surface area contributed by atoms with Gasteiger partial charge in [0.1, 0.15) is 17.6 Å². The molecule has 0 bridgehead atoms. The van der Waals surface area contributed by atoms with Crippen LogP contribution in [0.4, 0.5) is 22.0 Å². The minimum Gasteiger partial charge on any atom is -0.354 e. The lowest BCUT2D eigenvalue weighted by molar-refractivity contribution is -0.137. The first-order valence-corrected chi connectivity index (χ1v) is 8.69. The molecule has 0 aliphatic carbocycles. The van der Waals surface area contributed by atoms with E-state index >= 15 is 0 Å². The molecule has 29 heavy (non-hydrogen) atoms. The third kappa shape index (κ3) is 4.08. The Morgan fingerprint density at radius 2 is 1.93 bits per heavy atom. The van der Waals surface area contributed by atoms with E-state index in [1.165, 1.54) is 19.1 Å². The van der Waals surface area contributed by atoms with Crippen LogP contribution in [0.25, 0.3) is 0 Å². The molecule has 0 unspecified atom stereocenters. The van der Waals surface area contributed by atoms with Crippen molar-refractivity contribution in [1.29, 1.82) is 0 Å². The minimum atomic E-state index is -4.57. The van der Waals surface area contributed by atoms with Gasteiger partial charge in [0.05, 0.1) is 5.56 Å². The van der Waals surface area contributed by atoms with E-state index in [1.54, 1.807) is 0 Å². The number of hydrogen-bond donors (Lipinski definition) is 2. The van der Waals surface area contributed by atoms with E-state index in [-0.39, 0.29) is 24.2 Å². The van der Waals surface area contributed by atoms with Crippen LogP contribution in [0, 0.1) is 17.6 Å². The first-order valence-electron chi connectivity index (χ1n) is 8.69. The molecular weight excluding hydrogens is 395 g/mol. The zero-order chi connectivity index (χ0) is 21.4. The molecule has 4 nitrogen and oxygen atoms in total. The second-order valence-corrected chi connectivity index (χ2v) is 7.10. The highest BCUT2D eigenvalue weighted by Crippen LogP contribution is 2.39. The average Bonchev–Trinajstić information content (AvgIpc) is 2.96. The van der Waals surface area contributed by atoms with Crippen molar-refractivity contribution in [3.63, 3.8) is 0 Å². The normalized spacial score (nSPS) is 21.7.